The van der Waals surface area contributed by atoms with Crippen LogP contribution in [0.2, 0.25) is 0 Å². The largest absolute Gasteiger partial charge is 0.548 e. The Morgan fingerprint density at radius 3 is 2.33 bits per heavy atom. The molecule has 0 bridgehead atoms. The number of ether oxygens (including phenoxy) is 1. The number of benzene rings is 1. The standard InChI is InChI=1S/C20H31N5O5/c1-13(2)11-16(25-20(29)30-12-14-7-4-3-5-8-14)17(26)24-15(18(27)28)9-6-10-23-19(21)22/h3-5,7-8,13,15-16H,6,9-12H2,1-2H3,(H,24,26)(H,25,29)(H,27,28)(H4,21,22,23)/t15-,16-/m1/s1. The van der Waals surface area contributed by atoms with Crippen molar-refractivity contribution < 1.29 is 29.2 Å². The number of nitrogens with two attached hydrogens (primary N) is 2. The van der Waals surface area contributed by atoms with E-state index in [-0.39, 0.29) is 24.9 Å². The fourth-order valence-electron chi connectivity index (χ4n) is 2.67. The van der Waals surface area contributed by atoms with E-state index in [4.69, 9.17) is 16.2 Å². The number of aliphatic carboxylic acids is 1. The summed E-state index contributed by atoms with van der Waals surface area (Å²) in [5.41, 5.74) is 11.4. The van der Waals surface area contributed by atoms with Crippen LogP contribution in [0.4, 0.5) is 4.79 Å². The summed E-state index contributed by atoms with van der Waals surface area (Å²) in [5, 5.41) is 16.3. The highest BCUT2D eigenvalue weighted by Crippen LogP contribution is 2.07. The molecule has 0 fully saturated rings. The molecule has 0 spiro atoms. The fraction of sp³-hybridized carbons (Fsp3) is 0.500. The van der Waals surface area contributed by atoms with E-state index < -0.39 is 30.1 Å². The van der Waals surface area contributed by atoms with Crippen molar-refractivity contribution in [3.8, 4) is 0 Å². The maximum atomic E-state index is 12.6. The van der Waals surface area contributed by atoms with Crippen molar-refractivity contribution in [1.29, 1.82) is 0 Å². The van der Waals surface area contributed by atoms with Gasteiger partial charge in [-0.2, -0.15) is 0 Å². The van der Waals surface area contributed by atoms with E-state index in [0.717, 1.165) is 5.56 Å². The molecule has 2 amide bonds. The minimum absolute atomic E-state index is 0.0271. The first-order valence-electron chi connectivity index (χ1n) is 9.79. The summed E-state index contributed by atoms with van der Waals surface area (Å²) < 4.78 is 5.15. The molecule has 1 aromatic rings. The fourth-order valence-corrected chi connectivity index (χ4v) is 2.67. The molecule has 0 aliphatic carbocycles. The normalized spacial score (nSPS) is 12.5. The number of carbonyl (C=O) groups is 3. The third kappa shape index (κ3) is 10.3. The topological polar surface area (TPSA) is 174 Å². The summed E-state index contributed by atoms with van der Waals surface area (Å²) in [5.74, 6) is -1.93. The van der Waals surface area contributed by atoms with Crippen molar-refractivity contribution >= 4 is 23.9 Å². The lowest BCUT2D eigenvalue weighted by molar-refractivity contribution is -0.459. The van der Waals surface area contributed by atoms with Crippen molar-refractivity contribution in [1.82, 2.24) is 10.6 Å². The summed E-state index contributed by atoms with van der Waals surface area (Å²) in [6.45, 7) is 4.17. The molecule has 0 aromatic heterocycles. The molecule has 0 saturated carbocycles. The van der Waals surface area contributed by atoms with Gasteiger partial charge < -0.3 is 25.3 Å². The van der Waals surface area contributed by atoms with Crippen LogP contribution < -0.4 is 32.2 Å². The molecule has 0 radical (unpaired) electrons. The first-order chi connectivity index (χ1) is 14.2. The highest BCUT2D eigenvalue weighted by Gasteiger charge is 2.25. The van der Waals surface area contributed by atoms with Gasteiger partial charge in [0.1, 0.15) is 12.6 Å². The van der Waals surface area contributed by atoms with Gasteiger partial charge in [-0.05, 0) is 30.7 Å². The Kier molecular flexibility index (Phi) is 10.7. The van der Waals surface area contributed by atoms with Crippen LogP contribution in [0.5, 0.6) is 0 Å². The molecular formula is C20H31N5O5. The molecular weight excluding hydrogens is 390 g/mol. The first-order valence-corrected chi connectivity index (χ1v) is 9.79. The quantitative estimate of drug-likeness (QED) is 0.143. The van der Waals surface area contributed by atoms with Crippen LogP contribution in [0.25, 0.3) is 0 Å². The van der Waals surface area contributed by atoms with Crippen molar-refractivity contribution in [2.75, 3.05) is 6.54 Å². The summed E-state index contributed by atoms with van der Waals surface area (Å²) in [7, 11) is 0. The van der Waals surface area contributed by atoms with Crippen LogP contribution in [0, 0.1) is 5.92 Å². The summed E-state index contributed by atoms with van der Waals surface area (Å²) in [6.07, 6.45) is 0.0499. The van der Waals surface area contributed by atoms with Gasteiger partial charge in [0.2, 0.25) is 5.91 Å². The van der Waals surface area contributed by atoms with Crippen LogP contribution >= 0.6 is 0 Å². The number of amides is 2. The van der Waals surface area contributed by atoms with Gasteiger partial charge in [-0.1, -0.05) is 44.2 Å². The molecule has 0 aliphatic heterocycles. The lowest BCUT2D eigenvalue weighted by atomic mass is 10.0. The SMILES string of the molecule is CC(C)C[C@@H](NC(=O)OCc1ccccc1)C(=O)N[C@H](CCC[NH+]=C(N)N)C(=O)[O-]. The average molecular weight is 421 g/mol. The number of carboxylic acids is 1. The zero-order valence-electron chi connectivity index (χ0n) is 17.4. The van der Waals surface area contributed by atoms with E-state index in [1.807, 2.05) is 32.0 Å². The van der Waals surface area contributed by atoms with Crippen LogP contribution in [0.15, 0.2) is 30.3 Å². The summed E-state index contributed by atoms with van der Waals surface area (Å²) in [4.78, 5) is 38.8. The minimum atomic E-state index is -1.41. The van der Waals surface area contributed by atoms with Gasteiger partial charge in [0.05, 0.1) is 18.6 Å². The lowest BCUT2D eigenvalue weighted by Gasteiger charge is -2.24. The predicted octanol–water partition coefficient (Wildman–Crippen LogP) is -2.30. The molecule has 0 heterocycles. The van der Waals surface area contributed by atoms with E-state index in [0.29, 0.717) is 19.4 Å². The third-order valence-electron chi connectivity index (χ3n) is 4.13. The smallest absolute Gasteiger partial charge is 0.408 e. The number of nitrogens with one attached hydrogen (secondary N) is 3. The number of guanidine groups is 1. The Balaban J connectivity index is 2.65. The van der Waals surface area contributed by atoms with E-state index in [9.17, 15) is 19.5 Å². The minimum Gasteiger partial charge on any atom is -0.548 e. The summed E-state index contributed by atoms with van der Waals surface area (Å²) >= 11 is 0. The molecule has 1 aromatic carbocycles. The van der Waals surface area contributed by atoms with E-state index in [1.54, 1.807) is 12.1 Å². The zero-order chi connectivity index (χ0) is 22.5. The van der Waals surface area contributed by atoms with Gasteiger partial charge in [0.25, 0.3) is 0 Å². The van der Waals surface area contributed by atoms with Crippen LogP contribution in [-0.4, -0.2) is 42.6 Å². The number of carboxylic acid groups (broad SMARTS) is 1. The molecule has 10 heteroatoms. The van der Waals surface area contributed by atoms with E-state index >= 15 is 0 Å². The second-order valence-corrected chi connectivity index (χ2v) is 7.29. The third-order valence-corrected chi connectivity index (χ3v) is 4.13. The Morgan fingerprint density at radius 1 is 1.10 bits per heavy atom. The second-order valence-electron chi connectivity index (χ2n) is 7.29. The van der Waals surface area contributed by atoms with Gasteiger partial charge in [-0.15, -0.1) is 0 Å². The molecule has 10 nitrogen and oxygen atoms in total. The predicted molar refractivity (Wildman–Crippen MR) is 108 cm³/mol. The Morgan fingerprint density at radius 2 is 1.77 bits per heavy atom. The van der Waals surface area contributed by atoms with Gasteiger partial charge in [-0.25, -0.2) is 4.79 Å². The Hall–Kier alpha value is -3.30. The molecule has 166 valence electrons. The maximum Gasteiger partial charge on any atom is 0.408 e. The second kappa shape index (κ2) is 13.0. The van der Waals surface area contributed by atoms with Gasteiger partial charge in [0.15, 0.2) is 0 Å². The van der Waals surface area contributed by atoms with E-state index in [2.05, 4.69) is 15.6 Å². The number of hydrogen-bond donors (Lipinski definition) is 5. The van der Waals surface area contributed by atoms with Crippen molar-refractivity contribution in [2.24, 2.45) is 17.4 Å². The maximum absolute atomic E-state index is 12.6. The zero-order valence-corrected chi connectivity index (χ0v) is 17.4. The molecule has 0 aliphatic rings. The Labute approximate surface area is 176 Å². The molecule has 2 atom stereocenters. The van der Waals surface area contributed by atoms with Crippen molar-refractivity contribution in [2.45, 2.75) is 51.8 Å². The molecule has 0 unspecified atom stereocenters. The monoisotopic (exact) mass is 421 g/mol. The van der Waals surface area contributed by atoms with Crippen LogP contribution in [-0.2, 0) is 20.9 Å². The molecule has 30 heavy (non-hydrogen) atoms. The van der Waals surface area contributed by atoms with E-state index in [1.165, 1.54) is 0 Å². The van der Waals surface area contributed by atoms with Crippen LogP contribution in [0.1, 0.15) is 38.7 Å². The lowest BCUT2D eigenvalue weighted by Crippen LogP contribution is -2.78. The number of hydrogen-bond acceptors (Lipinski definition) is 5. The summed E-state index contributed by atoms with van der Waals surface area (Å²) in [6, 6.07) is 6.94. The van der Waals surface area contributed by atoms with Crippen molar-refractivity contribution in [3.05, 3.63) is 35.9 Å². The van der Waals surface area contributed by atoms with Gasteiger partial charge >= 0.3 is 12.1 Å². The Bertz CT molecular complexity index is 720. The molecule has 0 saturated heterocycles. The van der Waals surface area contributed by atoms with Crippen molar-refractivity contribution in [3.63, 3.8) is 0 Å². The first kappa shape index (κ1) is 24.7. The van der Waals surface area contributed by atoms with Crippen LogP contribution in [0.3, 0.4) is 0 Å². The average Bonchev–Trinajstić information content (AvgIpc) is 2.68. The molecule has 7 N–H and O–H groups in total. The highest BCUT2D eigenvalue weighted by molar-refractivity contribution is 5.88. The number of carbonyl (C=O) groups excluding carboxylic acids is 3. The number of rotatable bonds is 12. The molecule has 1 rings (SSSR count). The van der Waals surface area contributed by atoms with Gasteiger partial charge in [-0.3, -0.25) is 21.3 Å². The number of alkyl carbamates (subject to hydrolysis) is 1. The highest BCUT2D eigenvalue weighted by atomic mass is 16.5. The van der Waals surface area contributed by atoms with Gasteiger partial charge in [0, 0.05) is 0 Å².